The Balaban J connectivity index is 2.19. The largest absolute Gasteiger partial charge is 0.362 e. The van der Waals surface area contributed by atoms with Crippen LogP contribution in [0.15, 0.2) is 47.7 Å². The maximum absolute atomic E-state index is 5.05. The number of hydrazone groups is 1. The van der Waals surface area contributed by atoms with Crippen molar-refractivity contribution >= 4 is 23.5 Å². The SMILES string of the molecule is CCNC(=S)N/N=C/c1nccc(-c2ccccc2)c1C. The topological polar surface area (TPSA) is 49.3 Å². The van der Waals surface area contributed by atoms with Crippen LogP contribution in [-0.4, -0.2) is 22.9 Å². The molecule has 1 aromatic heterocycles. The molecule has 0 aliphatic rings. The molecule has 2 N–H and O–H groups in total. The van der Waals surface area contributed by atoms with Gasteiger partial charge >= 0.3 is 0 Å². The number of rotatable bonds is 4. The minimum absolute atomic E-state index is 0.505. The van der Waals surface area contributed by atoms with E-state index in [0.29, 0.717) is 5.11 Å². The van der Waals surface area contributed by atoms with E-state index in [0.717, 1.165) is 23.4 Å². The van der Waals surface area contributed by atoms with Crippen molar-refractivity contribution in [3.63, 3.8) is 0 Å². The summed E-state index contributed by atoms with van der Waals surface area (Å²) in [6.07, 6.45) is 3.48. The van der Waals surface area contributed by atoms with E-state index in [9.17, 15) is 0 Å². The summed E-state index contributed by atoms with van der Waals surface area (Å²) < 4.78 is 0. The van der Waals surface area contributed by atoms with Crippen molar-refractivity contribution in [1.29, 1.82) is 0 Å². The summed E-state index contributed by atoms with van der Waals surface area (Å²) in [5.74, 6) is 0. The molecule has 0 unspecified atom stereocenters. The van der Waals surface area contributed by atoms with Gasteiger partial charge in [0.05, 0.1) is 11.9 Å². The van der Waals surface area contributed by atoms with E-state index in [1.165, 1.54) is 5.56 Å². The van der Waals surface area contributed by atoms with Crippen LogP contribution in [0, 0.1) is 6.92 Å². The number of thiocarbonyl (C=S) groups is 1. The van der Waals surface area contributed by atoms with Gasteiger partial charge in [0.25, 0.3) is 0 Å². The van der Waals surface area contributed by atoms with Crippen LogP contribution in [0.5, 0.6) is 0 Å². The highest BCUT2D eigenvalue weighted by Crippen LogP contribution is 2.23. The Hall–Kier alpha value is -2.27. The van der Waals surface area contributed by atoms with Crippen molar-refractivity contribution in [2.75, 3.05) is 6.54 Å². The normalized spacial score (nSPS) is 10.6. The van der Waals surface area contributed by atoms with Crippen molar-refractivity contribution in [2.24, 2.45) is 5.10 Å². The first-order chi connectivity index (χ1) is 10.2. The summed E-state index contributed by atoms with van der Waals surface area (Å²) in [6.45, 7) is 4.79. The molecule has 108 valence electrons. The summed E-state index contributed by atoms with van der Waals surface area (Å²) in [5, 5.41) is 7.59. The third-order valence-corrected chi connectivity index (χ3v) is 3.25. The average Bonchev–Trinajstić information content (AvgIpc) is 2.50. The standard InChI is InChI=1S/C16H18N4S/c1-3-17-16(21)20-19-11-15-12(2)14(9-10-18-15)13-7-5-4-6-8-13/h4-11H,3H2,1-2H3,(H2,17,20,21)/b19-11+. The van der Waals surface area contributed by atoms with Crippen LogP contribution in [0.25, 0.3) is 11.1 Å². The van der Waals surface area contributed by atoms with Crippen LogP contribution < -0.4 is 10.7 Å². The fraction of sp³-hybridized carbons (Fsp3) is 0.188. The summed E-state index contributed by atoms with van der Waals surface area (Å²) in [4.78, 5) is 4.35. The van der Waals surface area contributed by atoms with E-state index in [-0.39, 0.29) is 0 Å². The Morgan fingerprint density at radius 2 is 2.05 bits per heavy atom. The molecule has 21 heavy (non-hydrogen) atoms. The summed E-state index contributed by atoms with van der Waals surface area (Å²) >= 11 is 5.05. The molecule has 5 heteroatoms. The molecular formula is C16H18N4S. The van der Waals surface area contributed by atoms with E-state index in [2.05, 4.69) is 33.0 Å². The zero-order chi connectivity index (χ0) is 15.1. The number of pyridine rings is 1. The molecule has 0 radical (unpaired) electrons. The number of aromatic nitrogens is 1. The number of nitrogens with zero attached hydrogens (tertiary/aromatic N) is 2. The molecule has 1 heterocycles. The van der Waals surface area contributed by atoms with Gasteiger partial charge in [-0.25, -0.2) is 0 Å². The number of nitrogens with one attached hydrogen (secondary N) is 2. The molecule has 0 aliphatic heterocycles. The lowest BCUT2D eigenvalue weighted by Gasteiger charge is -2.08. The van der Waals surface area contributed by atoms with Crippen molar-refractivity contribution in [3.8, 4) is 11.1 Å². The zero-order valence-electron chi connectivity index (χ0n) is 12.1. The van der Waals surface area contributed by atoms with E-state index in [1.807, 2.05) is 38.1 Å². The number of hydrogen-bond donors (Lipinski definition) is 2. The van der Waals surface area contributed by atoms with Gasteiger partial charge in [-0.3, -0.25) is 10.4 Å². The van der Waals surface area contributed by atoms with Crippen LogP contribution in [0.4, 0.5) is 0 Å². The van der Waals surface area contributed by atoms with Crippen molar-refractivity contribution in [3.05, 3.63) is 53.9 Å². The maximum Gasteiger partial charge on any atom is 0.186 e. The molecule has 0 fully saturated rings. The Bertz CT molecular complexity index is 638. The molecule has 0 bridgehead atoms. The second kappa shape index (κ2) is 7.50. The number of hydrogen-bond acceptors (Lipinski definition) is 3. The molecule has 1 aromatic carbocycles. The Morgan fingerprint density at radius 1 is 1.29 bits per heavy atom. The minimum Gasteiger partial charge on any atom is -0.362 e. The van der Waals surface area contributed by atoms with Gasteiger partial charge in [-0.2, -0.15) is 5.10 Å². The molecule has 2 rings (SSSR count). The molecule has 0 atom stereocenters. The van der Waals surface area contributed by atoms with Gasteiger partial charge in [-0.05, 0) is 48.8 Å². The number of benzene rings is 1. The van der Waals surface area contributed by atoms with Crippen LogP contribution in [0.1, 0.15) is 18.2 Å². The quantitative estimate of drug-likeness (QED) is 0.518. The van der Waals surface area contributed by atoms with Crippen LogP contribution in [0.3, 0.4) is 0 Å². The first kappa shape index (κ1) is 15.1. The zero-order valence-corrected chi connectivity index (χ0v) is 12.9. The summed E-state index contributed by atoms with van der Waals surface area (Å²) in [6, 6.07) is 12.2. The fourth-order valence-electron chi connectivity index (χ4n) is 1.96. The van der Waals surface area contributed by atoms with Gasteiger partial charge in [-0.1, -0.05) is 30.3 Å². The monoisotopic (exact) mass is 298 g/mol. The molecule has 0 saturated carbocycles. The van der Waals surface area contributed by atoms with E-state index < -0.39 is 0 Å². The van der Waals surface area contributed by atoms with E-state index >= 15 is 0 Å². The second-order valence-corrected chi connectivity index (χ2v) is 4.87. The van der Waals surface area contributed by atoms with Gasteiger partial charge in [-0.15, -0.1) is 0 Å². The summed E-state index contributed by atoms with van der Waals surface area (Å²) in [5.41, 5.74) is 7.00. The lowest BCUT2D eigenvalue weighted by atomic mass is 10.0. The lowest BCUT2D eigenvalue weighted by Crippen LogP contribution is -2.31. The molecule has 2 aromatic rings. The Morgan fingerprint density at radius 3 is 2.76 bits per heavy atom. The van der Waals surface area contributed by atoms with Crippen LogP contribution >= 0.6 is 12.2 Å². The molecule has 0 amide bonds. The van der Waals surface area contributed by atoms with Crippen molar-refractivity contribution in [2.45, 2.75) is 13.8 Å². The van der Waals surface area contributed by atoms with Gasteiger partial charge in [0, 0.05) is 12.7 Å². The maximum atomic E-state index is 5.05. The fourth-order valence-corrected chi connectivity index (χ4v) is 2.16. The predicted octanol–water partition coefficient (Wildman–Crippen LogP) is 2.87. The predicted molar refractivity (Wildman–Crippen MR) is 91.4 cm³/mol. The van der Waals surface area contributed by atoms with Gasteiger partial charge in [0.2, 0.25) is 0 Å². The average molecular weight is 298 g/mol. The second-order valence-electron chi connectivity index (χ2n) is 4.46. The van der Waals surface area contributed by atoms with Gasteiger partial charge in [0.15, 0.2) is 5.11 Å². The third-order valence-electron chi connectivity index (χ3n) is 3.02. The first-order valence-corrected chi connectivity index (χ1v) is 7.21. The smallest absolute Gasteiger partial charge is 0.186 e. The minimum atomic E-state index is 0.505. The van der Waals surface area contributed by atoms with Gasteiger partial charge in [0.1, 0.15) is 0 Å². The Labute approximate surface area is 130 Å². The first-order valence-electron chi connectivity index (χ1n) is 6.80. The van der Waals surface area contributed by atoms with Crippen molar-refractivity contribution < 1.29 is 0 Å². The highest BCUT2D eigenvalue weighted by molar-refractivity contribution is 7.80. The van der Waals surface area contributed by atoms with Crippen molar-refractivity contribution in [1.82, 2.24) is 15.7 Å². The van der Waals surface area contributed by atoms with E-state index in [1.54, 1.807) is 12.4 Å². The van der Waals surface area contributed by atoms with Crippen LogP contribution in [0.2, 0.25) is 0 Å². The molecule has 0 saturated heterocycles. The third kappa shape index (κ3) is 4.10. The highest BCUT2D eigenvalue weighted by atomic mass is 32.1. The molecule has 4 nitrogen and oxygen atoms in total. The Kier molecular flexibility index (Phi) is 5.40. The van der Waals surface area contributed by atoms with Gasteiger partial charge < -0.3 is 5.32 Å². The molecule has 0 spiro atoms. The summed E-state index contributed by atoms with van der Waals surface area (Å²) in [7, 11) is 0. The van der Waals surface area contributed by atoms with E-state index in [4.69, 9.17) is 12.2 Å². The highest BCUT2D eigenvalue weighted by Gasteiger charge is 2.05. The van der Waals surface area contributed by atoms with Crippen LogP contribution in [-0.2, 0) is 0 Å². The molecule has 0 aliphatic carbocycles. The molecular weight excluding hydrogens is 280 g/mol. The lowest BCUT2D eigenvalue weighted by molar-refractivity contribution is 0.903.